The SMILES string of the molecule is C[C@H]1C[C@]1(c1noc(=O)[nH]1)n1c(C(=O)O)cc2cc(-c3ccnc(Cl)c3F)ccc21. The number of aromatic nitrogens is 4. The van der Waals surface area contributed by atoms with Gasteiger partial charge in [0.25, 0.3) is 0 Å². The number of carbonyl (C=O) groups is 1. The van der Waals surface area contributed by atoms with Gasteiger partial charge in [-0.15, -0.1) is 0 Å². The van der Waals surface area contributed by atoms with Crippen LogP contribution in [0.4, 0.5) is 4.39 Å². The van der Waals surface area contributed by atoms with E-state index in [1.54, 1.807) is 22.8 Å². The minimum atomic E-state index is -1.13. The van der Waals surface area contributed by atoms with Crippen LogP contribution >= 0.6 is 11.6 Å². The Bertz CT molecular complexity index is 1390. The van der Waals surface area contributed by atoms with Crippen LogP contribution in [0.25, 0.3) is 22.0 Å². The van der Waals surface area contributed by atoms with Crippen LogP contribution in [-0.2, 0) is 5.54 Å². The predicted octanol–water partition coefficient (Wildman–Crippen LogP) is 3.65. The van der Waals surface area contributed by atoms with Crippen molar-refractivity contribution in [3.05, 3.63) is 69.6 Å². The average Bonchev–Trinajstić information content (AvgIpc) is 3.05. The quantitative estimate of drug-likeness (QED) is 0.479. The van der Waals surface area contributed by atoms with Crippen molar-refractivity contribution in [1.29, 1.82) is 0 Å². The normalized spacial score (nSPS) is 20.6. The van der Waals surface area contributed by atoms with E-state index in [-0.39, 0.29) is 28.2 Å². The summed E-state index contributed by atoms with van der Waals surface area (Å²) in [6, 6.07) is 8.12. The smallest absolute Gasteiger partial charge is 0.438 e. The molecule has 0 bridgehead atoms. The number of fused-ring (bicyclic) bond motifs is 1. The Labute approximate surface area is 172 Å². The van der Waals surface area contributed by atoms with Gasteiger partial charge in [0.1, 0.15) is 11.2 Å². The van der Waals surface area contributed by atoms with E-state index in [9.17, 15) is 19.1 Å². The van der Waals surface area contributed by atoms with Gasteiger partial charge in [-0.1, -0.05) is 29.7 Å². The molecule has 0 aliphatic heterocycles. The molecule has 152 valence electrons. The Morgan fingerprint density at radius 1 is 1.40 bits per heavy atom. The fourth-order valence-corrected chi connectivity index (χ4v) is 4.34. The molecule has 1 aliphatic carbocycles. The van der Waals surface area contributed by atoms with E-state index in [2.05, 4.69) is 19.6 Å². The van der Waals surface area contributed by atoms with E-state index in [1.807, 2.05) is 6.92 Å². The summed E-state index contributed by atoms with van der Waals surface area (Å²) in [5.74, 6) is -2.19. The molecule has 0 radical (unpaired) electrons. The first kappa shape index (κ1) is 18.6. The number of carboxylic acids is 1. The van der Waals surface area contributed by atoms with Crippen LogP contribution in [0, 0.1) is 11.7 Å². The number of nitrogens with one attached hydrogen (secondary N) is 1. The number of hydrogen-bond acceptors (Lipinski definition) is 5. The van der Waals surface area contributed by atoms with Crippen LogP contribution in [0.15, 0.2) is 45.8 Å². The van der Waals surface area contributed by atoms with Crippen molar-refractivity contribution in [3.8, 4) is 11.1 Å². The van der Waals surface area contributed by atoms with Crippen molar-refractivity contribution in [2.45, 2.75) is 18.9 Å². The van der Waals surface area contributed by atoms with Crippen molar-refractivity contribution in [2.75, 3.05) is 0 Å². The molecule has 5 rings (SSSR count). The summed E-state index contributed by atoms with van der Waals surface area (Å²) in [5.41, 5.74) is 0.602. The Morgan fingerprint density at radius 3 is 2.80 bits per heavy atom. The van der Waals surface area contributed by atoms with E-state index in [0.29, 0.717) is 22.9 Å². The molecular formula is C20H14ClFN4O4. The fourth-order valence-electron chi connectivity index (χ4n) is 4.18. The third-order valence-electron chi connectivity index (χ3n) is 5.70. The number of H-pyrrole nitrogens is 1. The molecule has 2 atom stereocenters. The summed E-state index contributed by atoms with van der Waals surface area (Å²) in [6.45, 7) is 1.94. The minimum Gasteiger partial charge on any atom is -0.477 e. The van der Waals surface area contributed by atoms with E-state index < -0.39 is 23.1 Å². The lowest BCUT2D eigenvalue weighted by atomic mass is 10.0. The molecule has 3 aromatic heterocycles. The van der Waals surface area contributed by atoms with Crippen LogP contribution in [0.1, 0.15) is 29.7 Å². The summed E-state index contributed by atoms with van der Waals surface area (Å²) < 4.78 is 20.8. The van der Waals surface area contributed by atoms with Crippen LogP contribution in [0.3, 0.4) is 0 Å². The third-order valence-corrected chi connectivity index (χ3v) is 5.96. The molecule has 0 saturated heterocycles. The number of nitrogens with zero attached hydrogens (tertiary/aromatic N) is 3. The van der Waals surface area contributed by atoms with Crippen molar-refractivity contribution in [2.24, 2.45) is 5.92 Å². The molecule has 2 N–H and O–H groups in total. The summed E-state index contributed by atoms with van der Waals surface area (Å²) in [7, 11) is 0. The number of benzene rings is 1. The second kappa shape index (κ2) is 6.27. The second-order valence-corrected chi connectivity index (χ2v) is 7.74. The van der Waals surface area contributed by atoms with Gasteiger partial charge in [0.15, 0.2) is 16.8 Å². The van der Waals surface area contributed by atoms with Gasteiger partial charge < -0.3 is 9.67 Å². The van der Waals surface area contributed by atoms with Gasteiger partial charge in [-0.3, -0.25) is 9.51 Å². The van der Waals surface area contributed by atoms with Gasteiger partial charge in [0.2, 0.25) is 0 Å². The molecule has 0 unspecified atom stereocenters. The van der Waals surface area contributed by atoms with Gasteiger partial charge in [-0.25, -0.2) is 19.0 Å². The summed E-state index contributed by atoms with van der Waals surface area (Å²) in [4.78, 5) is 29.8. The van der Waals surface area contributed by atoms with Crippen LogP contribution in [-0.4, -0.2) is 30.8 Å². The highest BCUT2D eigenvalue weighted by molar-refractivity contribution is 6.29. The van der Waals surface area contributed by atoms with Crippen molar-refractivity contribution >= 4 is 28.5 Å². The van der Waals surface area contributed by atoms with Crippen molar-refractivity contribution in [1.82, 2.24) is 19.7 Å². The summed E-state index contributed by atoms with van der Waals surface area (Å²) in [5, 5.41) is 14.0. The van der Waals surface area contributed by atoms with Crippen LogP contribution in [0.2, 0.25) is 5.15 Å². The van der Waals surface area contributed by atoms with E-state index in [1.165, 1.54) is 18.3 Å². The molecule has 4 aromatic rings. The maximum atomic E-state index is 14.4. The number of hydrogen-bond donors (Lipinski definition) is 2. The third kappa shape index (κ3) is 2.51. The first-order valence-electron chi connectivity index (χ1n) is 9.09. The molecule has 0 amide bonds. The first-order chi connectivity index (χ1) is 14.3. The first-order valence-corrected chi connectivity index (χ1v) is 9.47. The van der Waals surface area contributed by atoms with E-state index in [0.717, 1.165) is 0 Å². The summed E-state index contributed by atoms with van der Waals surface area (Å²) >= 11 is 5.79. The number of aromatic carboxylic acids is 1. The zero-order valence-electron chi connectivity index (χ0n) is 15.5. The number of halogens is 2. The predicted molar refractivity (Wildman–Crippen MR) is 105 cm³/mol. The number of carboxylic acid groups (broad SMARTS) is 1. The highest BCUT2D eigenvalue weighted by atomic mass is 35.5. The molecule has 30 heavy (non-hydrogen) atoms. The monoisotopic (exact) mass is 428 g/mol. The standard InChI is InChI=1S/C20H14ClFN4O4/c1-9-8-20(9,18-24-19(29)30-25-18)26-13-3-2-10(6-11(13)7-14(26)17(27)28)12-4-5-23-16(21)15(12)22/h2-7,9H,8H2,1H3,(H,27,28)(H,24,25,29)/t9-,20-/m0/s1. The molecule has 1 aliphatic rings. The van der Waals surface area contributed by atoms with Crippen molar-refractivity contribution in [3.63, 3.8) is 0 Å². The molecule has 1 saturated carbocycles. The van der Waals surface area contributed by atoms with Gasteiger partial charge in [0, 0.05) is 22.7 Å². The van der Waals surface area contributed by atoms with E-state index in [4.69, 9.17) is 11.6 Å². The molecule has 0 spiro atoms. The number of pyridine rings is 1. The maximum Gasteiger partial charge on any atom is 0.438 e. The number of rotatable bonds is 4. The molecule has 10 heteroatoms. The topological polar surface area (TPSA) is 114 Å². The zero-order chi connectivity index (χ0) is 21.2. The Morgan fingerprint density at radius 2 is 2.17 bits per heavy atom. The highest BCUT2D eigenvalue weighted by Gasteiger charge is 2.59. The summed E-state index contributed by atoms with van der Waals surface area (Å²) in [6.07, 6.45) is 1.98. The fraction of sp³-hybridized carbons (Fsp3) is 0.200. The lowest BCUT2D eigenvalue weighted by Crippen LogP contribution is -2.26. The van der Waals surface area contributed by atoms with Gasteiger partial charge >= 0.3 is 11.7 Å². The molecule has 1 aromatic carbocycles. The zero-order valence-corrected chi connectivity index (χ0v) is 16.3. The van der Waals surface area contributed by atoms with E-state index >= 15 is 0 Å². The Balaban J connectivity index is 1.75. The van der Waals surface area contributed by atoms with Gasteiger partial charge in [-0.05, 0) is 42.2 Å². The second-order valence-electron chi connectivity index (χ2n) is 7.38. The maximum absolute atomic E-state index is 14.4. The largest absolute Gasteiger partial charge is 0.477 e. The minimum absolute atomic E-state index is 0.0167. The van der Waals surface area contributed by atoms with Crippen LogP contribution < -0.4 is 5.76 Å². The van der Waals surface area contributed by atoms with Crippen molar-refractivity contribution < 1.29 is 18.8 Å². The molecule has 8 nitrogen and oxygen atoms in total. The molecular weight excluding hydrogens is 415 g/mol. The van der Waals surface area contributed by atoms with Gasteiger partial charge in [0.05, 0.1) is 0 Å². The molecule has 1 fully saturated rings. The Kier molecular flexibility index (Phi) is 3.88. The average molecular weight is 429 g/mol. The van der Waals surface area contributed by atoms with Crippen LogP contribution in [0.5, 0.6) is 0 Å². The highest BCUT2D eigenvalue weighted by Crippen LogP contribution is 2.55. The lowest BCUT2D eigenvalue weighted by molar-refractivity contribution is 0.0682. The lowest BCUT2D eigenvalue weighted by Gasteiger charge is -2.19. The molecule has 3 heterocycles. The van der Waals surface area contributed by atoms with Gasteiger partial charge in [-0.2, -0.15) is 0 Å². The Hall–Kier alpha value is -3.46. The number of aromatic amines is 1.